The number of thioether (sulfide) groups is 1. The number of aryl methyl sites for hydroxylation is 1. The highest BCUT2D eigenvalue weighted by Crippen LogP contribution is 2.46. The summed E-state index contributed by atoms with van der Waals surface area (Å²) in [6, 6.07) is 8.41. The van der Waals surface area contributed by atoms with Crippen LogP contribution in [0.2, 0.25) is 0 Å². The van der Waals surface area contributed by atoms with E-state index in [-0.39, 0.29) is 11.2 Å². The van der Waals surface area contributed by atoms with Crippen LogP contribution in [-0.2, 0) is 4.79 Å². The number of nitrogens with one attached hydrogen (secondary N) is 1. The van der Waals surface area contributed by atoms with Crippen LogP contribution < -0.4 is 5.32 Å². The van der Waals surface area contributed by atoms with E-state index < -0.39 is 0 Å². The van der Waals surface area contributed by atoms with Crippen molar-refractivity contribution in [3.8, 4) is 0 Å². The number of carbonyl (C=O) groups excluding carboxylic acids is 1. The molecule has 1 heterocycles. The van der Waals surface area contributed by atoms with Gasteiger partial charge in [-0.15, -0.1) is 10.2 Å². The maximum Gasteiger partial charge on any atom is 0.237 e. The van der Waals surface area contributed by atoms with Crippen molar-refractivity contribution in [3.63, 3.8) is 0 Å². The van der Waals surface area contributed by atoms with Gasteiger partial charge >= 0.3 is 0 Å². The fourth-order valence-corrected chi connectivity index (χ4v) is 3.77. The summed E-state index contributed by atoms with van der Waals surface area (Å²) in [5.74, 6) is 1.72. The Hall–Kier alpha value is -1.82. The predicted octanol–water partition coefficient (Wildman–Crippen LogP) is 3.92. The molecule has 2 saturated carbocycles. The Kier molecular flexibility index (Phi) is 4.08. The second kappa shape index (κ2) is 6.24. The average Bonchev–Trinajstić information content (AvgIpc) is 3.46. The normalized spacial score (nSPS) is 18.4. The average molecular weight is 342 g/mol. The molecule has 1 atom stereocenters. The molecule has 24 heavy (non-hydrogen) atoms. The standard InChI is InChI=1S/C18H22N4OS/c1-11-4-3-5-14(10-11)19-17(23)12(2)24-18-21-20-16(13-6-7-13)22(18)15-8-9-15/h3-5,10,12-13,15H,6-9H2,1-2H3,(H,19,23)/t12-/m1/s1. The van der Waals surface area contributed by atoms with Crippen molar-refractivity contribution in [1.29, 1.82) is 0 Å². The fourth-order valence-electron chi connectivity index (χ4n) is 2.84. The van der Waals surface area contributed by atoms with E-state index in [1.807, 2.05) is 38.1 Å². The lowest BCUT2D eigenvalue weighted by molar-refractivity contribution is -0.115. The lowest BCUT2D eigenvalue weighted by atomic mass is 10.2. The van der Waals surface area contributed by atoms with Crippen LogP contribution in [-0.4, -0.2) is 25.9 Å². The van der Waals surface area contributed by atoms with E-state index in [0.717, 1.165) is 22.2 Å². The number of hydrogen-bond acceptors (Lipinski definition) is 4. The van der Waals surface area contributed by atoms with Crippen LogP contribution in [0, 0.1) is 6.92 Å². The first-order chi connectivity index (χ1) is 11.6. The van der Waals surface area contributed by atoms with Gasteiger partial charge in [-0.05, 0) is 57.2 Å². The molecular weight excluding hydrogens is 320 g/mol. The molecule has 0 saturated heterocycles. The van der Waals surface area contributed by atoms with Gasteiger partial charge < -0.3 is 9.88 Å². The van der Waals surface area contributed by atoms with Gasteiger partial charge in [-0.1, -0.05) is 23.9 Å². The Morgan fingerprint density at radius 2 is 2.08 bits per heavy atom. The summed E-state index contributed by atoms with van der Waals surface area (Å²) in [5, 5.41) is 12.5. The predicted molar refractivity (Wildman–Crippen MR) is 95.4 cm³/mol. The van der Waals surface area contributed by atoms with Gasteiger partial charge in [0.2, 0.25) is 5.91 Å². The Morgan fingerprint density at radius 3 is 2.75 bits per heavy atom. The van der Waals surface area contributed by atoms with Crippen molar-refractivity contribution >= 4 is 23.4 Å². The van der Waals surface area contributed by atoms with Crippen LogP contribution in [0.4, 0.5) is 5.69 Å². The Morgan fingerprint density at radius 1 is 1.29 bits per heavy atom. The minimum Gasteiger partial charge on any atom is -0.325 e. The van der Waals surface area contributed by atoms with Gasteiger partial charge in [-0.3, -0.25) is 4.79 Å². The first-order valence-corrected chi connectivity index (χ1v) is 9.49. The molecule has 2 fully saturated rings. The SMILES string of the molecule is Cc1cccc(NC(=O)[C@@H](C)Sc2nnc(C3CC3)n2C2CC2)c1. The molecule has 1 aromatic heterocycles. The summed E-state index contributed by atoms with van der Waals surface area (Å²) in [6.07, 6.45) is 4.85. The van der Waals surface area contributed by atoms with Gasteiger partial charge in [0.1, 0.15) is 5.82 Å². The number of rotatable bonds is 6. The van der Waals surface area contributed by atoms with Crippen molar-refractivity contribution in [2.45, 2.75) is 61.9 Å². The second-order valence-electron chi connectivity index (χ2n) is 6.84. The molecule has 1 amide bonds. The van der Waals surface area contributed by atoms with E-state index in [1.165, 1.54) is 37.4 Å². The number of carbonyl (C=O) groups is 1. The third-order valence-corrected chi connectivity index (χ3v) is 5.54. The Balaban J connectivity index is 1.46. The van der Waals surface area contributed by atoms with Gasteiger partial charge in [0.05, 0.1) is 5.25 Å². The van der Waals surface area contributed by atoms with Crippen LogP contribution >= 0.6 is 11.8 Å². The monoisotopic (exact) mass is 342 g/mol. The van der Waals surface area contributed by atoms with Crippen molar-refractivity contribution in [3.05, 3.63) is 35.7 Å². The zero-order valence-corrected chi connectivity index (χ0v) is 14.8. The molecule has 2 aliphatic carbocycles. The molecule has 0 aliphatic heterocycles. The largest absolute Gasteiger partial charge is 0.325 e. The molecule has 0 spiro atoms. The number of nitrogens with zero attached hydrogens (tertiary/aromatic N) is 3. The summed E-state index contributed by atoms with van der Waals surface area (Å²) in [4.78, 5) is 12.5. The molecular formula is C18H22N4OS. The van der Waals surface area contributed by atoms with Crippen LogP contribution in [0.5, 0.6) is 0 Å². The molecule has 126 valence electrons. The number of amides is 1. The van der Waals surface area contributed by atoms with Gasteiger partial charge in [-0.25, -0.2) is 0 Å². The zero-order valence-electron chi connectivity index (χ0n) is 14.0. The van der Waals surface area contributed by atoms with Crippen LogP contribution in [0.3, 0.4) is 0 Å². The quantitative estimate of drug-likeness (QED) is 0.808. The van der Waals surface area contributed by atoms with Gasteiger partial charge in [0, 0.05) is 17.6 Å². The highest BCUT2D eigenvalue weighted by atomic mass is 32.2. The van der Waals surface area contributed by atoms with E-state index in [9.17, 15) is 4.79 Å². The lowest BCUT2D eigenvalue weighted by Crippen LogP contribution is -2.23. The number of anilines is 1. The minimum absolute atomic E-state index is 0.00363. The summed E-state index contributed by atoms with van der Waals surface area (Å²) in [6.45, 7) is 3.95. The molecule has 0 unspecified atom stereocenters. The maximum atomic E-state index is 12.5. The fraction of sp³-hybridized carbons (Fsp3) is 0.500. The number of hydrogen-bond donors (Lipinski definition) is 1. The molecule has 0 bridgehead atoms. The molecule has 2 aromatic rings. The van der Waals surface area contributed by atoms with Gasteiger partial charge in [0.15, 0.2) is 5.16 Å². The van der Waals surface area contributed by atoms with Gasteiger partial charge in [-0.2, -0.15) is 0 Å². The number of aromatic nitrogens is 3. The molecule has 0 radical (unpaired) electrons. The second-order valence-corrected chi connectivity index (χ2v) is 8.14. The lowest BCUT2D eigenvalue weighted by Gasteiger charge is -2.13. The van der Waals surface area contributed by atoms with Crippen molar-refractivity contribution in [2.24, 2.45) is 0 Å². The van der Waals surface area contributed by atoms with E-state index in [4.69, 9.17) is 0 Å². The minimum atomic E-state index is -0.209. The van der Waals surface area contributed by atoms with Crippen molar-refractivity contribution < 1.29 is 4.79 Å². The molecule has 5 nitrogen and oxygen atoms in total. The zero-order chi connectivity index (χ0) is 16.7. The highest BCUT2D eigenvalue weighted by molar-refractivity contribution is 8.00. The third-order valence-electron chi connectivity index (χ3n) is 4.48. The molecule has 4 rings (SSSR count). The molecule has 1 aromatic carbocycles. The van der Waals surface area contributed by atoms with Gasteiger partial charge in [0.25, 0.3) is 0 Å². The highest BCUT2D eigenvalue weighted by Gasteiger charge is 2.37. The van der Waals surface area contributed by atoms with E-state index in [2.05, 4.69) is 20.1 Å². The van der Waals surface area contributed by atoms with Crippen LogP contribution in [0.25, 0.3) is 0 Å². The molecule has 1 N–H and O–H groups in total. The third kappa shape index (κ3) is 3.34. The Bertz CT molecular complexity index is 764. The topological polar surface area (TPSA) is 59.8 Å². The maximum absolute atomic E-state index is 12.5. The number of benzene rings is 1. The van der Waals surface area contributed by atoms with E-state index in [1.54, 1.807) is 0 Å². The molecule has 6 heteroatoms. The van der Waals surface area contributed by atoms with E-state index >= 15 is 0 Å². The molecule has 2 aliphatic rings. The summed E-state index contributed by atoms with van der Waals surface area (Å²) in [5.41, 5.74) is 1.98. The van der Waals surface area contributed by atoms with Crippen LogP contribution in [0.15, 0.2) is 29.4 Å². The smallest absolute Gasteiger partial charge is 0.237 e. The van der Waals surface area contributed by atoms with Crippen molar-refractivity contribution in [1.82, 2.24) is 14.8 Å². The Labute approximate surface area is 146 Å². The van der Waals surface area contributed by atoms with Crippen LogP contribution in [0.1, 0.15) is 56.0 Å². The first-order valence-electron chi connectivity index (χ1n) is 8.61. The van der Waals surface area contributed by atoms with E-state index in [0.29, 0.717) is 12.0 Å². The summed E-state index contributed by atoms with van der Waals surface area (Å²) < 4.78 is 2.29. The summed E-state index contributed by atoms with van der Waals surface area (Å²) >= 11 is 1.51. The first kappa shape index (κ1) is 15.7. The summed E-state index contributed by atoms with van der Waals surface area (Å²) in [7, 11) is 0. The van der Waals surface area contributed by atoms with Crippen molar-refractivity contribution in [2.75, 3.05) is 5.32 Å².